The molecule has 0 radical (unpaired) electrons. The van der Waals surface area contributed by atoms with E-state index in [0.717, 1.165) is 7.11 Å². The van der Waals surface area contributed by atoms with Crippen LogP contribution < -0.4 is 4.74 Å². The molecule has 0 amide bonds. The van der Waals surface area contributed by atoms with Gasteiger partial charge in [0.2, 0.25) is 11.8 Å². The van der Waals surface area contributed by atoms with Crippen molar-refractivity contribution in [2.45, 2.75) is 6.18 Å². The van der Waals surface area contributed by atoms with Crippen LogP contribution in [0, 0.1) is 5.95 Å². The first-order valence-corrected chi connectivity index (χ1v) is 4.76. The molecule has 0 saturated carbocycles. The van der Waals surface area contributed by atoms with Crippen LogP contribution in [0.4, 0.5) is 17.6 Å². The zero-order chi connectivity index (χ0) is 13.3. The number of pyridine rings is 1. The third-order valence-electron chi connectivity index (χ3n) is 2.14. The first kappa shape index (κ1) is 12.3. The number of rotatable bonds is 2. The largest absolute Gasteiger partial charge is 0.479 e. The molecule has 0 N–H and O–H groups in total. The molecule has 0 saturated heterocycles. The third kappa shape index (κ3) is 2.01. The second kappa shape index (κ2) is 4.28. The highest BCUT2D eigenvalue weighted by atomic mass is 19.4. The van der Waals surface area contributed by atoms with Gasteiger partial charge in [-0.05, 0) is 12.1 Å². The number of nitrogens with zero attached hydrogens (tertiary/aromatic N) is 3. The highest BCUT2D eigenvalue weighted by Gasteiger charge is 2.42. The number of alkyl halides is 3. The monoisotopic (exact) mass is 261 g/mol. The summed E-state index contributed by atoms with van der Waals surface area (Å²) in [6.07, 6.45) is -3.57. The maximum atomic E-state index is 13.7. The van der Waals surface area contributed by atoms with Gasteiger partial charge in [0, 0.05) is 6.20 Å². The SMILES string of the molecule is COc1nn(-c2ccccn2)c(F)c1C(F)(F)F. The molecule has 2 rings (SSSR count). The molecule has 2 aromatic heterocycles. The summed E-state index contributed by atoms with van der Waals surface area (Å²) in [5, 5.41) is 3.40. The Labute approximate surface area is 98.8 Å². The second-order valence-corrected chi connectivity index (χ2v) is 3.27. The summed E-state index contributed by atoms with van der Waals surface area (Å²) in [6, 6.07) is 4.38. The van der Waals surface area contributed by atoms with E-state index >= 15 is 0 Å². The second-order valence-electron chi connectivity index (χ2n) is 3.27. The Kier molecular flexibility index (Phi) is 2.93. The predicted molar refractivity (Wildman–Crippen MR) is 52.9 cm³/mol. The van der Waals surface area contributed by atoms with Crippen LogP contribution >= 0.6 is 0 Å². The molecular formula is C10H7F4N3O. The molecule has 0 aliphatic rings. The maximum absolute atomic E-state index is 13.7. The van der Waals surface area contributed by atoms with Gasteiger partial charge in [0.05, 0.1) is 7.11 Å². The van der Waals surface area contributed by atoms with Gasteiger partial charge in [-0.15, -0.1) is 5.10 Å². The molecule has 0 unspecified atom stereocenters. The number of halogens is 4. The number of hydrogen-bond donors (Lipinski definition) is 0. The molecule has 0 aliphatic carbocycles. The minimum absolute atomic E-state index is 0.0659. The lowest BCUT2D eigenvalue weighted by Gasteiger charge is -2.04. The van der Waals surface area contributed by atoms with Gasteiger partial charge in [0.25, 0.3) is 0 Å². The summed E-state index contributed by atoms with van der Waals surface area (Å²) in [4.78, 5) is 3.72. The Morgan fingerprint density at radius 1 is 1.28 bits per heavy atom. The van der Waals surface area contributed by atoms with Crippen molar-refractivity contribution in [1.82, 2.24) is 14.8 Å². The predicted octanol–water partition coefficient (Wildman–Crippen LogP) is 2.43. The zero-order valence-electron chi connectivity index (χ0n) is 9.07. The van der Waals surface area contributed by atoms with Crippen LogP contribution in [-0.4, -0.2) is 21.9 Å². The molecule has 4 nitrogen and oxygen atoms in total. The third-order valence-corrected chi connectivity index (χ3v) is 2.14. The molecule has 96 valence electrons. The number of aromatic nitrogens is 3. The van der Waals surface area contributed by atoms with Crippen molar-refractivity contribution in [1.29, 1.82) is 0 Å². The van der Waals surface area contributed by atoms with Crippen LogP contribution in [0.1, 0.15) is 5.56 Å². The van der Waals surface area contributed by atoms with E-state index in [-0.39, 0.29) is 5.82 Å². The van der Waals surface area contributed by atoms with E-state index in [1.807, 2.05) is 0 Å². The molecule has 0 bridgehead atoms. The van der Waals surface area contributed by atoms with Gasteiger partial charge in [-0.2, -0.15) is 22.2 Å². The van der Waals surface area contributed by atoms with E-state index in [1.165, 1.54) is 18.3 Å². The maximum Gasteiger partial charge on any atom is 0.426 e. The van der Waals surface area contributed by atoms with Gasteiger partial charge in [-0.3, -0.25) is 0 Å². The smallest absolute Gasteiger partial charge is 0.426 e. The number of hydrogen-bond acceptors (Lipinski definition) is 3. The lowest BCUT2D eigenvalue weighted by molar-refractivity contribution is -0.141. The normalized spacial score (nSPS) is 11.6. The topological polar surface area (TPSA) is 39.9 Å². The quantitative estimate of drug-likeness (QED) is 0.779. The molecule has 0 aromatic carbocycles. The molecule has 0 aliphatic heterocycles. The van der Waals surface area contributed by atoms with Crippen molar-refractivity contribution in [2.75, 3.05) is 7.11 Å². The van der Waals surface area contributed by atoms with Crippen molar-refractivity contribution in [3.8, 4) is 11.7 Å². The Morgan fingerprint density at radius 2 is 2.00 bits per heavy atom. The summed E-state index contributed by atoms with van der Waals surface area (Å²) in [7, 11) is 0.986. The van der Waals surface area contributed by atoms with E-state index in [0.29, 0.717) is 4.68 Å². The van der Waals surface area contributed by atoms with E-state index in [9.17, 15) is 17.6 Å². The van der Waals surface area contributed by atoms with Crippen molar-refractivity contribution >= 4 is 0 Å². The zero-order valence-corrected chi connectivity index (χ0v) is 9.07. The van der Waals surface area contributed by atoms with Gasteiger partial charge in [0.15, 0.2) is 11.4 Å². The summed E-state index contributed by atoms with van der Waals surface area (Å²) >= 11 is 0. The van der Waals surface area contributed by atoms with Crippen LogP contribution in [0.25, 0.3) is 5.82 Å². The van der Waals surface area contributed by atoms with Crippen molar-refractivity contribution in [3.05, 3.63) is 35.9 Å². The van der Waals surface area contributed by atoms with E-state index < -0.39 is 23.6 Å². The number of ether oxygens (including phenoxy) is 1. The first-order chi connectivity index (χ1) is 8.45. The van der Waals surface area contributed by atoms with Crippen molar-refractivity contribution in [3.63, 3.8) is 0 Å². The molecule has 18 heavy (non-hydrogen) atoms. The molecule has 2 aromatic rings. The van der Waals surface area contributed by atoms with Crippen LogP contribution in [0.2, 0.25) is 0 Å². The fourth-order valence-electron chi connectivity index (χ4n) is 1.39. The Balaban J connectivity index is 2.62. The molecular weight excluding hydrogens is 254 g/mol. The summed E-state index contributed by atoms with van der Waals surface area (Å²) in [5.41, 5.74) is -1.55. The number of methoxy groups -OCH3 is 1. The van der Waals surface area contributed by atoms with E-state index in [4.69, 9.17) is 0 Å². The first-order valence-electron chi connectivity index (χ1n) is 4.76. The van der Waals surface area contributed by atoms with Crippen LogP contribution in [0.15, 0.2) is 24.4 Å². The summed E-state index contributed by atoms with van der Waals surface area (Å²) in [5.74, 6) is -2.45. The van der Waals surface area contributed by atoms with Gasteiger partial charge < -0.3 is 4.74 Å². The minimum atomic E-state index is -4.89. The summed E-state index contributed by atoms with van der Waals surface area (Å²) < 4.78 is 56.5. The summed E-state index contributed by atoms with van der Waals surface area (Å²) in [6.45, 7) is 0. The Bertz CT molecular complexity index is 550. The Hall–Kier alpha value is -2.12. The van der Waals surface area contributed by atoms with Gasteiger partial charge >= 0.3 is 6.18 Å². The molecule has 0 atom stereocenters. The minimum Gasteiger partial charge on any atom is -0.479 e. The molecule has 8 heteroatoms. The standard InChI is InChI=1S/C10H7F4N3O/c1-18-9-7(10(12,13)14)8(11)17(16-9)6-4-2-3-5-15-6/h2-5H,1H3. The van der Waals surface area contributed by atoms with Crippen LogP contribution in [0.3, 0.4) is 0 Å². The lowest BCUT2D eigenvalue weighted by Crippen LogP contribution is -2.09. The highest BCUT2D eigenvalue weighted by molar-refractivity contribution is 5.33. The van der Waals surface area contributed by atoms with Gasteiger partial charge in [-0.1, -0.05) is 6.07 Å². The van der Waals surface area contributed by atoms with Crippen molar-refractivity contribution in [2.24, 2.45) is 0 Å². The average molecular weight is 261 g/mol. The highest BCUT2D eigenvalue weighted by Crippen LogP contribution is 2.38. The average Bonchev–Trinajstić information content (AvgIpc) is 2.67. The molecule has 2 heterocycles. The fourth-order valence-corrected chi connectivity index (χ4v) is 1.39. The van der Waals surface area contributed by atoms with Gasteiger partial charge in [0.1, 0.15) is 0 Å². The molecule has 0 spiro atoms. The van der Waals surface area contributed by atoms with Crippen LogP contribution in [0.5, 0.6) is 5.88 Å². The van der Waals surface area contributed by atoms with E-state index in [2.05, 4.69) is 14.8 Å². The Morgan fingerprint density at radius 3 is 2.44 bits per heavy atom. The molecule has 0 fully saturated rings. The van der Waals surface area contributed by atoms with Crippen LogP contribution in [-0.2, 0) is 6.18 Å². The lowest BCUT2D eigenvalue weighted by atomic mass is 10.3. The van der Waals surface area contributed by atoms with Crippen molar-refractivity contribution < 1.29 is 22.3 Å². The van der Waals surface area contributed by atoms with Gasteiger partial charge in [-0.25, -0.2) is 4.98 Å². The van der Waals surface area contributed by atoms with E-state index in [1.54, 1.807) is 6.07 Å². The fraction of sp³-hybridized carbons (Fsp3) is 0.200.